The van der Waals surface area contributed by atoms with Gasteiger partial charge in [0.25, 0.3) is 0 Å². The summed E-state index contributed by atoms with van der Waals surface area (Å²) in [5, 5.41) is 3.23. The molecule has 0 aromatic carbocycles. The molecule has 1 saturated carbocycles. The summed E-state index contributed by atoms with van der Waals surface area (Å²) in [5.74, 6) is 2.21. The van der Waals surface area contributed by atoms with Crippen LogP contribution in [0.5, 0.6) is 0 Å². The number of hydrogen-bond donors (Lipinski definition) is 1. The summed E-state index contributed by atoms with van der Waals surface area (Å²) in [4.78, 5) is 14.7. The molecule has 0 radical (unpaired) electrons. The highest BCUT2D eigenvalue weighted by atomic mass is 35.5. The van der Waals surface area contributed by atoms with Crippen LogP contribution in [0.4, 0.5) is 0 Å². The zero-order chi connectivity index (χ0) is 13.7. The first-order valence-electron chi connectivity index (χ1n) is 8.18. The van der Waals surface area contributed by atoms with Gasteiger partial charge in [-0.15, -0.1) is 12.4 Å². The average Bonchev–Trinajstić information content (AvgIpc) is 3.06. The van der Waals surface area contributed by atoms with Gasteiger partial charge in [0.1, 0.15) is 0 Å². The number of carbonyl (C=O) groups is 1. The summed E-state index contributed by atoms with van der Waals surface area (Å²) in [6.07, 6.45) is 8.79. The average molecular weight is 303 g/mol. The van der Waals surface area contributed by atoms with Gasteiger partial charge in [0.2, 0.25) is 5.91 Å². The quantitative estimate of drug-likeness (QED) is 0.818. The summed E-state index contributed by atoms with van der Waals surface area (Å²) < 4.78 is 0. The number of nitrogens with zero attached hydrogens (tertiary/aromatic N) is 1. The van der Waals surface area contributed by atoms with Crippen LogP contribution in [-0.4, -0.2) is 37.5 Å². The third-order valence-electron chi connectivity index (χ3n) is 5.02. The topological polar surface area (TPSA) is 32.3 Å². The molecule has 2 rings (SSSR count). The fraction of sp³-hybridized carbons (Fsp3) is 0.938. The molecule has 118 valence electrons. The number of likely N-dealkylation sites (tertiary alicyclic amines) is 1. The van der Waals surface area contributed by atoms with E-state index in [9.17, 15) is 4.79 Å². The Hall–Kier alpha value is -0.280. The molecule has 0 bridgehead atoms. The summed E-state index contributed by atoms with van der Waals surface area (Å²) in [7, 11) is 2.00. The lowest BCUT2D eigenvalue weighted by Gasteiger charge is -2.24. The van der Waals surface area contributed by atoms with Crippen LogP contribution in [0.25, 0.3) is 0 Å². The normalized spacial score (nSPS) is 24.7. The maximum absolute atomic E-state index is 12.6. The third kappa shape index (κ3) is 4.63. The highest BCUT2D eigenvalue weighted by Gasteiger charge is 2.31. The number of rotatable bonds is 6. The molecule has 0 spiro atoms. The molecule has 2 fully saturated rings. The van der Waals surface area contributed by atoms with Gasteiger partial charge in [-0.1, -0.05) is 32.6 Å². The largest absolute Gasteiger partial charge is 0.342 e. The van der Waals surface area contributed by atoms with E-state index in [2.05, 4.69) is 17.1 Å². The summed E-state index contributed by atoms with van der Waals surface area (Å²) in [5.41, 5.74) is 0. The Morgan fingerprint density at radius 2 is 1.95 bits per heavy atom. The molecule has 1 N–H and O–H groups in total. The van der Waals surface area contributed by atoms with Crippen molar-refractivity contribution in [3.8, 4) is 0 Å². The van der Waals surface area contributed by atoms with Crippen LogP contribution in [0, 0.1) is 17.8 Å². The van der Waals surface area contributed by atoms with Gasteiger partial charge < -0.3 is 10.2 Å². The Labute approximate surface area is 130 Å². The Morgan fingerprint density at radius 3 is 2.55 bits per heavy atom. The van der Waals surface area contributed by atoms with Crippen LogP contribution >= 0.6 is 12.4 Å². The van der Waals surface area contributed by atoms with Crippen molar-refractivity contribution in [1.29, 1.82) is 0 Å². The maximum atomic E-state index is 12.6. The molecular weight excluding hydrogens is 272 g/mol. The Balaban J connectivity index is 0.00000200. The Kier molecular flexibility index (Phi) is 7.90. The highest BCUT2D eigenvalue weighted by Crippen LogP contribution is 2.32. The second kappa shape index (κ2) is 8.89. The fourth-order valence-corrected chi connectivity index (χ4v) is 3.84. The summed E-state index contributed by atoms with van der Waals surface area (Å²) in [6, 6.07) is 0. The van der Waals surface area contributed by atoms with Gasteiger partial charge in [0.05, 0.1) is 0 Å². The smallest absolute Gasteiger partial charge is 0.225 e. The summed E-state index contributed by atoms with van der Waals surface area (Å²) >= 11 is 0. The van der Waals surface area contributed by atoms with E-state index in [0.29, 0.717) is 11.8 Å². The van der Waals surface area contributed by atoms with E-state index in [1.165, 1.54) is 32.1 Å². The van der Waals surface area contributed by atoms with Crippen molar-refractivity contribution in [3.05, 3.63) is 0 Å². The third-order valence-corrected chi connectivity index (χ3v) is 5.02. The van der Waals surface area contributed by atoms with Crippen LogP contribution in [0.3, 0.4) is 0 Å². The zero-order valence-corrected chi connectivity index (χ0v) is 13.9. The first-order chi connectivity index (χ1) is 9.24. The van der Waals surface area contributed by atoms with Crippen LogP contribution < -0.4 is 5.32 Å². The zero-order valence-electron chi connectivity index (χ0n) is 13.1. The molecule has 1 aliphatic heterocycles. The first kappa shape index (κ1) is 17.8. The monoisotopic (exact) mass is 302 g/mol. The Bertz CT molecular complexity index is 292. The molecule has 2 aliphatic rings. The van der Waals surface area contributed by atoms with E-state index in [1.54, 1.807) is 0 Å². The van der Waals surface area contributed by atoms with Gasteiger partial charge in [-0.05, 0) is 44.7 Å². The molecule has 4 heteroatoms. The van der Waals surface area contributed by atoms with E-state index in [-0.39, 0.29) is 18.3 Å². The second-order valence-corrected chi connectivity index (χ2v) is 6.49. The minimum atomic E-state index is 0. The van der Waals surface area contributed by atoms with Crippen LogP contribution in [-0.2, 0) is 4.79 Å². The minimum Gasteiger partial charge on any atom is -0.342 e. The van der Waals surface area contributed by atoms with Crippen molar-refractivity contribution in [2.75, 3.05) is 26.7 Å². The number of amides is 1. The van der Waals surface area contributed by atoms with Crippen molar-refractivity contribution in [2.24, 2.45) is 17.8 Å². The van der Waals surface area contributed by atoms with Crippen molar-refractivity contribution < 1.29 is 4.79 Å². The SMILES string of the molecule is CCC(CC1CCCC1)C(=O)N1CCC(CNC)C1.Cl. The highest BCUT2D eigenvalue weighted by molar-refractivity contribution is 5.85. The molecule has 1 heterocycles. The van der Waals surface area contributed by atoms with E-state index in [4.69, 9.17) is 0 Å². The number of hydrogen-bond acceptors (Lipinski definition) is 2. The molecule has 0 aromatic rings. The Morgan fingerprint density at radius 1 is 1.25 bits per heavy atom. The molecular formula is C16H31ClN2O. The lowest BCUT2D eigenvalue weighted by Crippen LogP contribution is -2.35. The van der Waals surface area contributed by atoms with Gasteiger partial charge in [-0.3, -0.25) is 4.79 Å². The van der Waals surface area contributed by atoms with Gasteiger partial charge in [-0.2, -0.15) is 0 Å². The molecule has 0 aromatic heterocycles. The predicted molar refractivity (Wildman–Crippen MR) is 86.2 cm³/mol. The van der Waals surface area contributed by atoms with Crippen molar-refractivity contribution in [2.45, 2.75) is 51.9 Å². The number of halogens is 1. The predicted octanol–water partition coefficient (Wildman–Crippen LogP) is 3.08. The molecule has 20 heavy (non-hydrogen) atoms. The minimum absolute atomic E-state index is 0. The molecule has 1 saturated heterocycles. The molecule has 2 unspecified atom stereocenters. The lowest BCUT2D eigenvalue weighted by atomic mass is 9.90. The van der Waals surface area contributed by atoms with Gasteiger partial charge in [0, 0.05) is 19.0 Å². The molecule has 1 amide bonds. The first-order valence-corrected chi connectivity index (χ1v) is 8.18. The van der Waals surface area contributed by atoms with E-state index >= 15 is 0 Å². The van der Waals surface area contributed by atoms with E-state index in [0.717, 1.165) is 38.4 Å². The van der Waals surface area contributed by atoms with Crippen LogP contribution in [0.1, 0.15) is 51.9 Å². The van der Waals surface area contributed by atoms with Gasteiger partial charge in [-0.25, -0.2) is 0 Å². The number of nitrogens with one attached hydrogen (secondary N) is 1. The summed E-state index contributed by atoms with van der Waals surface area (Å²) in [6.45, 7) is 5.18. The second-order valence-electron chi connectivity index (χ2n) is 6.49. The van der Waals surface area contributed by atoms with E-state index < -0.39 is 0 Å². The molecule has 1 aliphatic carbocycles. The van der Waals surface area contributed by atoms with Crippen LogP contribution in [0.2, 0.25) is 0 Å². The standard InChI is InChI=1S/C16H30N2O.ClH/c1-3-15(10-13-6-4-5-7-13)16(19)18-9-8-14(12-18)11-17-2;/h13-15,17H,3-12H2,1-2H3;1H. The fourth-order valence-electron chi connectivity index (χ4n) is 3.84. The van der Waals surface area contributed by atoms with Crippen LogP contribution in [0.15, 0.2) is 0 Å². The number of carbonyl (C=O) groups excluding carboxylic acids is 1. The van der Waals surface area contributed by atoms with Gasteiger partial charge in [0.15, 0.2) is 0 Å². The van der Waals surface area contributed by atoms with E-state index in [1.807, 2.05) is 7.05 Å². The van der Waals surface area contributed by atoms with Crippen molar-refractivity contribution in [3.63, 3.8) is 0 Å². The molecule has 2 atom stereocenters. The maximum Gasteiger partial charge on any atom is 0.225 e. The molecule has 3 nitrogen and oxygen atoms in total. The lowest BCUT2D eigenvalue weighted by molar-refractivity contribution is -0.135. The van der Waals surface area contributed by atoms with Crippen molar-refractivity contribution >= 4 is 18.3 Å². The van der Waals surface area contributed by atoms with Crippen molar-refractivity contribution in [1.82, 2.24) is 10.2 Å². The van der Waals surface area contributed by atoms with Gasteiger partial charge >= 0.3 is 0 Å².